The summed E-state index contributed by atoms with van der Waals surface area (Å²) in [5, 5.41) is 0. The molecular weight excluding hydrogens is 224 g/mol. The third kappa shape index (κ3) is 3.83. The number of hydrogen-bond donors (Lipinski definition) is 2. The first kappa shape index (κ1) is 13.0. The molecule has 0 heterocycles. The van der Waals surface area contributed by atoms with Gasteiger partial charge in [0, 0.05) is 12.2 Å². The number of anilines is 1. The summed E-state index contributed by atoms with van der Waals surface area (Å²) < 4.78 is 26.1. The van der Waals surface area contributed by atoms with Crippen LogP contribution >= 0.6 is 0 Å². The number of nitrogens with one attached hydrogen (secondary N) is 1. The number of nitrogens with two attached hydrogens (primary N) is 1. The van der Waals surface area contributed by atoms with Crippen molar-refractivity contribution in [1.29, 1.82) is 0 Å². The van der Waals surface area contributed by atoms with E-state index in [1.807, 2.05) is 0 Å². The van der Waals surface area contributed by atoms with Crippen molar-refractivity contribution >= 4 is 15.7 Å². The van der Waals surface area contributed by atoms with Gasteiger partial charge in [-0.1, -0.05) is 19.9 Å². The standard InChI is InChI=1S/C11H18N2O2S/c1-9(2)6-7-13-16(14,15)11-5-3-4-10(12)8-11/h3-5,8-9,13H,6-7,12H2,1-2H3. The Kier molecular flexibility index (Phi) is 4.32. The minimum absolute atomic E-state index is 0.219. The molecule has 0 aromatic heterocycles. The first-order chi connectivity index (χ1) is 7.42. The Bertz CT molecular complexity index is 441. The SMILES string of the molecule is CC(C)CCNS(=O)(=O)c1cccc(N)c1. The van der Waals surface area contributed by atoms with Crippen LogP contribution in [0.15, 0.2) is 29.2 Å². The highest BCUT2D eigenvalue weighted by Gasteiger charge is 2.13. The molecular formula is C11H18N2O2S. The van der Waals surface area contributed by atoms with Crippen LogP contribution < -0.4 is 10.5 Å². The Morgan fingerprint density at radius 1 is 1.38 bits per heavy atom. The molecule has 0 aliphatic heterocycles. The number of rotatable bonds is 5. The molecule has 5 heteroatoms. The zero-order chi connectivity index (χ0) is 12.2. The molecule has 0 aliphatic carbocycles. The summed E-state index contributed by atoms with van der Waals surface area (Å²) >= 11 is 0. The van der Waals surface area contributed by atoms with Crippen LogP contribution in [0.3, 0.4) is 0 Å². The van der Waals surface area contributed by atoms with Crippen LogP contribution in [0.4, 0.5) is 5.69 Å². The zero-order valence-corrected chi connectivity index (χ0v) is 10.4. The molecule has 1 aromatic rings. The van der Waals surface area contributed by atoms with E-state index in [0.29, 0.717) is 18.2 Å². The van der Waals surface area contributed by atoms with Gasteiger partial charge in [0.25, 0.3) is 0 Å². The topological polar surface area (TPSA) is 72.2 Å². The number of nitrogen functional groups attached to an aromatic ring is 1. The van der Waals surface area contributed by atoms with Crippen LogP contribution in [-0.4, -0.2) is 15.0 Å². The fraction of sp³-hybridized carbons (Fsp3) is 0.455. The third-order valence-electron chi connectivity index (χ3n) is 2.18. The van der Waals surface area contributed by atoms with Crippen LogP contribution in [0.5, 0.6) is 0 Å². The first-order valence-electron chi connectivity index (χ1n) is 5.27. The molecule has 0 atom stereocenters. The highest BCUT2D eigenvalue weighted by Crippen LogP contribution is 2.12. The Morgan fingerprint density at radius 2 is 2.06 bits per heavy atom. The van der Waals surface area contributed by atoms with E-state index in [9.17, 15) is 8.42 Å². The Labute approximate surface area is 96.9 Å². The molecule has 0 unspecified atom stereocenters. The lowest BCUT2D eigenvalue weighted by Gasteiger charge is -2.08. The van der Waals surface area contributed by atoms with Crippen molar-refractivity contribution in [3.8, 4) is 0 Å². The average molecular weight is 242 g/mol. The maximum absolute atomic E-state index is 11.8. The molecule has 0 radical (unpaired) electrons. The second kappa shape index (κ2) is 5.32. The second-order valence-corrected chi connectivity index (χ2v) is 5.92. The van der Waals surface area contributed by atoms with Crippen molar-refractivity contribution < 1.29 is 8.42 Å². The smallest absolute Gasteiger partial charge is 0.240 e. The van der Waals surface area contributed by atoms with Gasteiger partial charge in [-0.15, -0.1) is 0 Å². The van der Waals surface area contributed by atoms with Crippen LogP contribution in [0, 0.1) is 5.92 Å². The van der Waals surface area contributed by atoms with Crippen molar-refractivity contribution in [2.45, 2.75) is 25.2 Å². The van der Waals surface area contributed by atoms with Gasteiger partial charge in [0.05, 0.1) is 4.90 Å². The van der Waals surface area contributed by atoms with Gasteiger partial charge in [-0.2, -0.15) is 0 Å². The molecule has 1 aromatic carbocycles. The molecule has 90 valence electrons. The summed E-state index contributed by atoms with van der Waals surface area (Å²) in [6, 6.07) is 6.28. The molecule has 0 saturated carbocycles. The summed E-state index contributed by atoms with van der Waals surface area (Å²) in [7, 11) is -3.41. The van der Waals surface area contributed by atoms with Gasteiger partial charge in [-0.3, -0.25) is 0 Å². The number of benzene rings is 1. The molecule has 4 nitrogen and oxygen atoms in total. The molecule has 0 saturated heterocycles. The summed E-state index contributed by atoms with van der Waals surface area (Å²) in [6.07, 6.45) is 0.821. The summed E-state index contributed by atoms with van der Waals surface area (Å²) in [4.78, 5) is 0.219. The average Bonchev–Trinajstić information content (AvgIpc) is 2.16. The van der Waals surface area contributed by atoms with Gasteiger partial charge in [-0.05, 0) is 30.5 Å². The molecule has 0 aliphatic rings. The van der Waals surface area contributed by atoms with Gasteiger partial charge in [0.15, 0.2) is 0 Å². The van der Waals surface area contributed by atoms with Crippen molar-refractivity contribution in [2.24, 2.45) is 5.92 Å². The van der Waals surface area contributed by atoms with E-state index in [2.05, 4.69) is 18.6 Å². The first-order valence-corrected chi connectivity index (χ1v) is 6.75. The van der Waals surface area contributed by atoms with Crippen molar-refractivity contribution in [2.75, 3.05) is 12.3 Å². The van der Waals surface area contributed by atoms with E-state index >= 15 is 0 Å². The van der Waals surface area contributed by atoms with Crippen LogP contribution in [0.1, 0.15) is 20.3 Å². The van der Waals surface area contributed by atoms with Gasteiger partial charge < -0.3 is 5.73 Å². The van der Waals surface area contributed by atoms with E-state index in [-0.39, 0.29) is 4.90 Å². The highest BCUT2D eigenvalue weighted by molar-refractivity contribution is 7.89. The summed E-state index contributed by atoms with van der Waals surface area (Å²) in [5.74, 6) is 0.476. The highest BCUT2D eigenvalue weighted by atomic mass is 32.2. The maximum Gasteiger partial charge on any atom is 0.240 e. The van der Waals surface area contributed by atoms with E-state index in [0.717, 1.165) is 6.42 Å². The molecule has 0 fully saturated rings. The molecule has 1 rings (SSSR count). The molecule has 0 bridgehead atoms. The third-order valence-corrected chi connectivity index (χ3v) is 3.64. The molecule has 0 spiro atoms. The predicted molar refractivity (Wildman–Crippen MR) is 65.5 cm³/mol. The normalized spacial score (nSPS) is 11.9. The fourth-order valence-electron chi connectivity index (χ4n) is 1.25. The predicted octanol–water partition coefficient (Wildman–Crippen LogP) is 1.59. The maximum atomic E-state index is 11.8. The Hall–Kier alpha value is -1.07. The van der Waals surface area contributed by atoms with Crippen molar-refractivity contribution in [3.63, 3.8) is 0 Å². The Balaban J connectivity index is 2.71. The van der Waals surface area contributed by atoms with Crippen LogP contribution in [0.25, 0.3) is 0 Å². The monoisotopic (exact) mass is 242 g/mol. The quantitative estimate of drug-likeness (QED) is 0.770. The van der Waals surface area contributed by atoms with E-state index in [1.54, 1.807) is 12.1 Å². The lowest BCUT2D eigenvalue weighted by atomic mass is 10.1. The fourth-order valence-corrected chi connectivity index (χ4v) is 2.35. The minimum atomic E-state index is -3.41. The van der Waals surface area contributed by atoms with E-state index < -0.39 is 10.0 Å². The van der Waals surface area contributed by atoms with Gasteiger partial charge in [-0.25, -0.2) is 13.1 Å². The van der Waals surface area contributed by atoms with Gasteiger partial charge in [0.2, 0.25) is 10.0 Å². The second-order valence-electron chi connectivity index (χ2n) is 4.15. The minimum Gasteiger partial charge on any atom is -0.399 e. The van der Waals surface area contributed by atoms with E-state index in [1.165, 1.54) is 12.1 Å². The summed E-state index contributed by atoms with van der Waals surface area (Å²) in [6.45, 7) is 4.55. The van der Waals surface area contributed by atoms with Crippen LogP contribution in [-0.2, 0) is 10.0 Å². The van der Waals surface area contributed by atoms with Gasteiger partial charge >= 0.3 is 0 Å². The molecule has 3 N–H and O–H groups in total. The summed E-state index contributed by atoms with van der Waals surface area (Å²) in [5.41, 5.74) is 5.99. The van der Waals surface area contributed by atoms with Crippen molar-refractivity contribution in [3.05, 3.63) is 24.3 Å². The number of sulfonamides is 1. The van der Waals surface area contributed by atoms with Crippen molar-refractivity contribution in [1.82, 2.24) is 4.72 Å². The zero-order valence-electron chi connectivity index (χ0n) is 9.60. The van der Waals surface area contributed by atoms with Gasteiger partial charge in [0.1, 0.15) is 0 Å². The van der Waals surface area contributed by atoms with E-state index in [4.69, 9.17) is 5.73 Å². The lowest BCUT2D eigenvalue weighted by Crippen LogP contribution is -2.25. The lowest BCUT2D eigenvalue weighted by molar-refractivity contribution is 0.551. The number of hydrogen-bond acceptors (Lipinski definition) is 3. The van der Waals surface area contributed by atoms with Crippen LogP contribution in [0.2, 0.25) is 0 Å². The molecule has 16 heavy (non-hydrogen) atoms. The largest absolute Gasteiger partial charge is 0.399 e. The Morgan fingerprint density at radius 3 is 2.62 bits per heavy atom. The molecule has 0 amide bonds.